The zero-order chi connectivity index (χ0) is 13.6. The second-order valence-corrected chi connectivity index (χ2v) is 5.90. The van der Waals surface area contributed by atoms with Gasteiger partial charge in [0.25, 0.3) is 0 Å². The first kappa shape index (κ1) is 18.7. The van der Waals surface area contributed by atoms with Crippen molar-refractivity contribution in [1.29, 1.82) is 0 Å². The van der Waals surface area contributed by atoms with E-state index in [1.807, 2.05) is 6.07 Å². The summed E-state index contributed by atoms with van der Waals surface area (Å²) in [6.45, 7) is 4.15. The molecule has 0 aliphatic heterocycles. The summed E-state index contributed by atoms with van der Waals surface area (Å²) < 4.78 is 33.9. The minimum atomic E-state index is -4.36. The van der Waals surface area contributed by atoms with E-state index >= 15 is 0 Å². The van der Waals surface area contributed by atoms with Crippen molar-refractivity contribution in [2.45, 2.75) is 57.3 Å². The molecule has 1 rings (SSSR count). The number of hydrogen-bond donors (Lipinski definition) is 0. The summed E-state index contributed by atoms with van der Waals surface area (Å²) in [7, 11) is -4.36. The molecule has 19 heavy (non-hydrogen) atoms. The van der Waals surface area contributed by atoms with Crippen molar-refractivity contribution in [3.63, 3.8) is 0 Å². The quantitative estimate of drug-likeness (QED) is 0.531. The molecule has 0 saturated carbocycles. The fourth-order valence-electron chi connectivity index (χ4n) is 2.08. The van der Waals surface area contributed by atoms with Crippen LogP contribution in [0.1, 0.15) is 50.7 Å². The van der Waals surface area contributed by atoms with Crippen molar-refractivity contribution in [2.24, 2.45) is 0 Å². The first-order chi connectivity index (χ1) is 8.50. The van der Waals surface area contributed by atoms with Crippen molar-refractivity contribution < 1.29 is 31.8 Å². The molecule has 0 atom stereocenters. The van der Waals surface area contributed by atoms with E-state index in [1.165, 1.54) is 6.07 Å². The van der Waals surface area contributed by atoms with Gasteiger partial charge in [0.1, 0.15) is 10.1 Å². The van der Waals surface area contributed by atoms with Crippen LogP contribution in [0.2, 0.25) is 0 Å². The molecule has 0 spiro atoms. The van der Waals surface area contributed by atoms with Crippen LogP contribution in [-0.4, -0.2) is 13.0 Å². The Bertz CT molecular complexity index is 483. The van der Waals surface area contributed by atoms with Gasteiger partial charge >= 0.3 is 18.9 Å². The number of aryl methyl sites for hydroxylation is 1. The van der Waals surface area contributed by atoms with Gasteiger partial charge in [-0.25, -0.2) is 8.42 Å². The SMILES string of the molecule is CCCCc1cccc(S(=O)(=O)[O-])c1CCCC.[Li+]. The Labute approximate surface area is 128 Å². The molecule has 0 aromatic heterocycles. The van der Waals surface area contributed by atoms with Crippen LogP contribution >= 0.6 is 0 Å². The van der Waals surface area contributed by atoms with Gasteiger partial charge in [0.2, 0.25) is 0 Å². The molecule has 0 aliphatic carbocycles. The van der Waals surface area contributed by atoms with E-state index in [1.54, 1.807) is 6.07 Å². The summed E-state index contributed by atoms with van der Waals surface area (Å²) >= 11 is 0. The van der Waals surface area contributed by atoms with Gasteiger partial charge in [0, 0.05) is 0 Å². The second kappa shape index (κ2) is 8.81. The van der Waals surface area contributed by atoms with Crippen LogP contribution in [0, 0.1) is 0 Å². The molecule has 102 valence electrons. The van der Waals surface area contributed by atoms with Crippen molar-refractivity contribution in [1.82, 2.24) is 0 Å². The molecule has 0 bridgehead atoms. The normalized spacial score (nSPS) is 11.1. The Morgan fingerprint density at radius 2 is 1.63 bits per heavy atom. The van der Waals surface area contributed by atoms with Crippen molar-refractivity contribution in [2.75, 3.05) is 0 Å². The van der Waals surface area contributed by atoms with E-state index in [2.05, 4.69) is 13.8 Å². The van der Waals surface area contributed by atoms with Crippen LogP contribution in [0.4, 0.5) is 0 Å². The van der Waals surface area contributed by atoms with E-state index < -0.39 is 10.1 Å². The first-order valence-electron chi connectivity index (χ1n) is 6.57. The third kappa shape index (κ3) is 5.70. The van der Waals surface area contributed by atoms with E-state index in [-0.39, 0.29) is 23.8 Å². The molecule has 3 nitrogen and oxygen atoms in total. The van der Waals surface area contributed by atoms with Gasteiger partial charge in [-0.15, -0.1) is 0 Å². The summed E-state index contributed by atoms with van der Waals surface area (Å²) in [6.07, 6.45) is 5.49. The van der Waals surface area contributed by atoms with Crippen LogP contribution in [0.15, 0.2) is 23.1 Å². The van der Waals surface area contributed by atoms with Gasteiger partial charge in [0.15, 0.2) is 0 Å². The molecule has 0 fully saturated rings. The fourth-order valence-corrected chi connectivity index (χ4v) is 2.86. The summed E-state index contributed by atoms with van der Waals surface area (Å²) in [6, 6.07) is 5.04. The van der Waals surface area contributed by atoms with Crippen molar-refractivity contribution in [3.05, 3.63) is 29.3 Å². The van der Waals surface area contributed by atoms with E-state index in [0.29, 0.717) is 6.42 Å². The van der Waals surface area contributed by atoms with Gasteiger partial charge in [-0.3, -0.25) is 0 Å². The monoisotopic (exact) mass is 276 g/mol. The Kier molecular flexibility index (Phi) is 8.68. The summed E-state index contributed by atoms with van der Waals surface area (Å²) in [5.74, 6) is 0. The van der Waals surface area contributed by atoms with E-state index in [4.69, 9.17) is 0 Å². The molecule has 0 saturated heterocycles. The molecular formula is C14H21LiO3S. The molecule has 0 radical (unpaired) electrons. The van der Waals surface area contributed by atoms with Crippen molar-refractivity contribution >= 4 is 10.1 Å². The van der Waals surface area contributed by atoms with Gasteiger partial charge in [0.05, 0.1) is 4.90 Å². The third-order valence-corrected chi connectivity index (χ3v) is 4.00. The molecule has 1 aromatic carbocycles. The number of rotatable bonds is 7. The minimum absolute atomic E-state index is 0. The molecule has 0 unspecified atom stereocenters. The van der Waals surface area contributed by atoms with Crippen molar-refractivity contribution in [3.8, 4) is 0 Å². The van der Waals surface area contributed by atoms with Gasteiger partial charge in [-0.05, 0) is 42.9 Å². The Morgan fingerprint density at radius 1 is 1.05 bits per heavy atom. The predicted molar refractivity (Wildman–Crippen MR) is 71.6 cm³/mol. The summed E-state index contributed by atoms with van der Waals surface area (Å²) in [5.41, 5.74) is 1.75. The van der Waals surface area contributed by atoms with Crippen LogP contribution in [0.5, 0.6) is 0 Å². The zero-order valence-corrected chi connectivity index (χ0v) is 12.9. The second-order valence-electron chi connectivity index (χ2n) is 4.56. The fraction of sp³-hybridized carbons (Fsp3) is 0.571. The minimum Gasteiger partial charge on any atom is -0.744 e. The standard InChI is InChI=1S/C14H22O3S.Li/c1-3-5-8-12-9-7-11-14(18(15,16)17)13(12)10-6-4-2;/h7,9,11H,3-6,8,10H2,1-2H3,(H,15,16,17);/q;+1/p-1. The van der Waals surface area contributed by atoms with Gasteiger partial charge in [-0.2, -0.15) is 0 Å². The summed E-state index contributed by atoms with van der Waals surface area (Å²) in [4.78, 5) is -0.0236. The molecular weight excluding hydrogens is 255 g/mol. The summed E-state index contributed by atoms with van der Waals surface area (Å²) in [5, 5.41) is 0. The van der Waals surface area contributed by atoms with Crippen LogP contribution < -0.4 is 18.9 Å². The molecule has 5 heteroatoms. The Morgan fingerprint density at radius 3 is 2.16 bits per heavy atom. The average Bonchev–Trinajstić information content (AvgIpc) is 2.32. The topological polar surface area (TPSA) is 57.2 Å². The maximum Gasteiger partial charge on any atom is 1.00 e. The van der Waals surface area contributed by atoms with Crippen LogP contribution in [-0.2, 0) is 23.0 Å². The largest absolute Gasteiger partial charge is 1.00 e. The number of benzene rings is 1. The van der Waals surface area contributed by atoms with Gasteiger partial charge in [-0.1, -0.05) is 38.8 Å². The number of unbranched alkanes of at least 4 members (excludes halogenated alkanes) is 2. The molecule has 1 aromatic rings. The van der Waals surface area contributed by atoms with Crippen LogP contribution in [0.25, 0.3) is 0 Å². The smallest absolute Gasteiger partial charge is 0.744 e. The average molecular weight is 276 g/mol. The van der Waals surface area contributed by atoms with E-state index in [9.17, 15) is 13.0 Å². The number of hydrogen-bond acceptors (Lipinski definition) is 3. The predicted octanol–water partition coefficient (Wildman–Crippen LogP) is 0.280. The maximum absolute atomic E-state index is 11.3. The van der Waals surface area contributed by atoms with Crippen LogP contribution in [0.3, 0.4) is 0 Å². The maximum atomic E-state index is 11.3. The Balaban J connectivity index is 0.00000324. The van der Waals surface area contributed by atoms with E-state index in [0.717, 1.165) is 43.2 Å². The molecule has 0 N–H and O–H groups in total. The molecule has 0 heterocycles. The third-order valence-electron chi connectivity index (χ3n) is 3.08. The first-order valence-corrected chi connectivity index (χ1v) is 7.98. The Hall–Kier alpha value is -0.273. The molecule has 0 amide bonds. The molecule has 0 aliphatic rings. The zero-order valence-electron chi connectivity index (χ0n) is 12.1. The van der Waals surface area contributed by atoms with Gasteiger partial charge < -0.3 is 4.55 Å².